The number of nitrogens with two attached hydrogens (primary N) is 1. The fraction of sp³-hybridized carbons (Fsp3) is 0. The van der Waals surface area contributed by atoms with Gasteiger partial charge in [-0.2, -0.15) is 0 Å². The summed E-state index contributed by atoms with van der Waals surface area (Å²) >= 11 is 0. The van der Waals surface area contributed by atoms with Gasteiger partial charge in [-0.1, -0.05) is 0 Å². The Kier molecular flexibility index (Phi) is 1.18. The highest BCUT2D eigenvalue weighted by atomic mass is 16.3. The molecule has 0 atom stereocenters. The van der Waals surface area contributed by atoms with Crippen LogP contribution in [0.2, 0.25) is 0 Å². The molecule has 0 spiro atoms. The van der Waals surface area contributed by atoms with Crippen molar-refractivity contribution in [2.24, 2.45) is 0 Å². The summed E-state index contributed by atoms with van der Waals surface area (Å²) in [6.45, 7) is 0. The average Bonchev–Trinajstić information content (AvgIpc) is 2.55. The Morgan fingerprint density at radius 1 is 1.55 bits per heavy atom. The number of hydrogen-bond acceptors (Lipinski definition) is 3. The minimum Gasteiger partial charge on any atom is -0.451 e. The number of nitrogens with one attached hydrogen (secondary N) is 1. The summed E-state index contributed by atoms with van der Waals surface area (Å²) in [5.74, 6) is 0. The molecule has 0 fully saturated rings. The summed E-state index contributed by atoms with van der Waals surface area (Å²) in [6, 6.07) is 1.80. The first-order chi connectivity index (χ1) is 5.36. The molecule has 4 heteroatoms. The number of rotatable bonds is 1. The number of nitrogen functional groups attached to an aromatic ring is 1. The van der Waals surface area contributed by atoms with Gasteiger partial charge in [0, 0.05) is 11.9 Å². The van der Waals surface area contributed by atoms with Gasteiger partial charge >= 0.3 is 0 Å². The van der Waals surface area contributed by atoms with Gasteiger partial charge in [-0.05, 0) is 6.07 Å². The van der Waals surface area contributed by atoms with Crippen LogP contribution in [-0.4, -0.2) is 9.97 Å². The molecule has 2 aromatic rings. The second kappa shape index (κ2) is 2.16. The van der Waals surface area contributed by atoms with Gasteiger partial charge in [0.05, 0.1) is 5.69 Å². The highest BCUT2D eigenvalue weighted by Crippen LogP contribution is 2.16. The van der Waals surface area contributed by atoms with Gasteiger partial charge in [-0.3, -0.25) is 0 Å². The molecule has 56 valence electrons. The molecule has 3 N–H and O–H groups in total. The quantitative estimate of drug-likeness (QED) is 0.641. The molecular weight excluding hydrogens is 142 g/mol. The Labute approximate surface area is 63.1 Å². The Morgan fingerprint density at radius 3 is 3.00 bits per heavy atom. The minimum atomic E-state index is 0.697. The molecule has 0 aliphatic rings. The summed E-state index contributed by atoms with van der Waals surface area (Å²) in [4.78, 5) is 6.91. The van der Waals surface area contributed by atoms with Crippen molar-refractivity contribution >= 4 is 5.69 Å². The number of hydrogen-bond donors (Lipinski definition) is 2. The Morgan fingerprint density at radius 2 is 2.45 bits per heavy atom. The summed E-state index contributed by atoms with van der Waals surface area (Å²) in [5, 5.41) is 0. The fourth-order valence-electron chi connectivity index (χ4n) is 0.905. The lowest BCUT2D eigenvalue weighted by molar-refractivity contribution is 0.558. The van der Waals surface area contributed by atoms with Crippen LogP contribution in [0.25, 0.3) is 11.4 Å². The van der Waals surface area contributed by atoms with E-state index in [1.807, 2.05) is 0 Å². The van der Waals surface area contributed by atoms with Crippen LogP contribution < -0.4 is 5.73 Å². The van der Waals surface area contributed by atoms with E-state index in [0.29, 0.717) is 5.69 Å². The van der Waals surface area contributed by atoms with Crippen LogP contribution in [0.15, 0.2) is 29.3 Å². The van der Waals surface area contributed by atoms with Crippen LogP contribution in [0.5, 0.6) is 0 Å². The Bertz CT molecular complexity index is 336. The maximum atomic E-state index is 5.50. The molecule has 0 saturated heterocycles. The average molecular weight is 149 g/mol. The lowest BCUT2D eigenvalue weighted by Gasteiger charge is -1.84. The number of oxazole rings is 1. The first-order valence-corrected chi connectivity index (χ1v) is 3.19. The minimum absolute atomic E-state index is 0.697. The molecule has 11 heavy (non-hydrogen) atoms. The van der Waals surface area contributed by atoms with Crippen LogP contribution >= 0.6 is 0 Å². The van der Waals surface area contributed by atoms with Crippen LogP contribution in [0.1, 0.15) is 0 Å². The van der Waals surface area contributed by atoms with E-state index in [2.05, 4.69) is 9.97 Å². The topological polar surface area (TPSA) is 67.8 Å². The van der Waals surface area contributed by atoms with Crippen LogP contribution in [-0.2, 0) is 0 Å². The highest BCUT2D eigenvalue weighted by molar-refractivity contribution is 5.59. The van der Waals surface area contributed by atoms with Gasteiger partial charge in [0.15, 0.2) is 6.39 Å². The maximum absolute atomic E-state index is 5.50. The predicted molar refractivity (Wildman–Crippen MR) is 40.7 cm³/mol. The zero-order valence-corrected chi connectivity index (χ0v) is 5.74. The molecule has 0 amide bonds. The van der Waals surface area contributed by atoms with Gasteiger partial charge in [-0.15, -0.1) is 0 Å². The van der Waals surface area contributed by atoms with Gasteiger partial charge in [-0.25, -0.2) is 4.98 Å². The largest absolute Gasteiger partial charge is 0.451 e. The van der Waals surface area contributed by atoms with E-state index in [9.17, 15) is 0 Å². The molecule has 2 aromatic heterocycles. The van der Waals surface area contributed by atoms with Crippen LogP contribution in [0.4, 0.5) is 5.69 Å². The normalized spacial score (nSPS) is 10.2. The van der Waals surface area contributed by atoms with Crippen molar-refractivity contribution in [3.8, 4) is 11.4 Å². The number of anilines is 1. The van der Waals surface area contributed by atoms with Crippen molar-refractivity contribution in [2.45, 2.75) is 0 Å². The Balaban J connectivity index is 2.45. The van der Waals surface area contributed by atoms with Crippen molar-refractivity contribution in [1.29, 1.82) is 0 Å². The first-order valence-electron chi connectivity index (χ1n) is 3.19. The molecule has 4 nitrogen and oxygen atoms in total. The molecule has 0 unspecified atom stereocenters. The molecule has 0 aromatic carbocycles. The van der Waals surface area contributed by atoms with Gasteiger partial charge in [0.25, 0.3) is 0 Å². The molecule has 0 aliphatic carbocycles. The van der Waals surface area contributed by atoms with E-state index < -0.39 is 0 Å². The van der Waals surface area contributed by atoms with Gasteiger partial charge in [0.2, 0.25) is 0 Å². The number of aromatic amines is 1. The van der Waals surface area contributed by atoms with E-state index in [4.69, 9.17) is 10.2 Å². The van der Waals surface area contributed by atoms with Crippen molar-refractivity contribution < 1.29 is 4.42 Å². The SMILES string of the molecule is Nc1c[nH]c(-c2cocn2)c1. The smallest absolute Gasteiger partial charge is 0.181 e. The van der Waals surface area contributed by atoms with E-state index >= 15 is 0 Å². The zero-order chi connectivity index (χ0) is 7.68. The second-order valence-corrected chi connectivity index (χ2v) is 2.22. The van der Waals surface area contributed by atoms with Crippen LogP contribution in [0, 0.1) is 0 Å². The van der Waals surface area contributed by atoms with E-state index in [0.717, 1.165) is 11.4 Å². The van der Waals surface area contributed by atoms with Gasteiger partial charge < -0.3 is 15.1 Å². The standard InChI is InChI=1S/C7H7N3O/c8-5-1-6(9-2-5)7-3-11-4-10-7/h1-4,9H,8H2. The first kappa shape index (κ1) is 6.03. The number of aromatic nitrogens is 2. The molecular formula is C7H7N3O. The van der Waals surface area contributed by atoms with Crippen LogP contribution in [0.3, 0.4) is 0 Å². The molecule has 0 bridgehead atoms. The molecule has 0 saturated carbocycles. The van der Waals surface area contributed by atoms with Crippen molar-refractivity contribution in [3.05, 3.63) is 24.9 Å². The zero-order valence-electron chi connectivity index (χ0n) is 5.74. The monoisotopic (exact) mass is 149 g/mol. The summed E-state index contributed by atoms with van der Waals surface area (Å²) in [7, 11) is 0. The summed E-state index contributed by atoms with van der Waals surface area (Å²) in [6.07, 6.45) is 4.65. The number of H-pyrrole nitrogens is 1. The maximum Gasteiger partial charge on any atom is 0.181 e. The van der Waals surface area contributed by atoms with Crippen molar-refractivity contribution in [3.63, 3.8) is 0 Å². The highest BCUT2D eigenvalue weighted by Gasteiger charge is 2.01. The van der Waals surface area contributed by atoms with Crippen molar-refractivity contribution in [2.75, 3.05) is 5.73 Å². The summed E-state index contributed by atoms with van der Waals surface area (Å²) in [5.41, 5.74) is 7.83. The molecule has 2 rings (SSSR count). The number of nitrogens with zero attached hydrogens (tertiary/aromatic N) is 1. The van der Waals surface area contributed by atoms with Gasteiger partial charge in [0.1, 0.15) is 12.0 Å². The third-order valence-corrected chi connectivity index (χ3v) is 1.41. The van der Waals surface area contributed by atoms with E-state index in [1.54, 1.807) is 18.5 Å². The lowest BCUT2D eigenvalue weighted by atomic mass is 10.3. The Hall–Kier alpha value is -1.71. The predicted octanol–water partition coefficient (Wildman–Crippen LogP) is 1.25. The third kappa shape index (κ3) is 0.980. The summed E-state index contributed by atoms with van der Waals surface area (Å²) < 4.78 is 4.81. The van der Waals surface area contributed by atoms with E-state index in [1.165, 1.54) is 6.39 Å². The molecule has 2 heterocycles. The second-order valence-electron chi connectivity index (χ2n) is 2.22. The fourth-order valence-corrected chi connectivity index (χ4v) is 0.905. The van der Waals surface area contributed by atoms with Crippen molar-refractivity contribution in [1.82, 2.24) is 9.97 Å². The molecule has 0 radical (unpaired) electrons. The third-order valence-electron chi connectivity index (χ3n) is 1.41. The molecule has 0 aliphatic heterocycles. The lowest BCUT2D eigenvalue weighted by Crippen LogP contribution is -1.76. The van der Waals surface area contributed by atoms with E-state index in [-0.39, 0.29) is 0 Å².